The molecular weight excluding hydrogens is 344 g/mol. The number of aromatic nitrogens is 5. The monoisotopic (exact) mass is 364 g/mol. The van der Waals surface area contributed by atoms with Gasteiger partial charge in [0.05, 0.1) is 11.2 Å². The SMILES string of the molecule is Cn1ccc(-c2cn(C3CCS(O)(O)CC3)c(=O)c3c(N)n[nH]c23)n1. The lowest BCUT2D eigenvalue weighted by Crippen LogP contribution is -2.30. The van der Waals surface area contributed by atoms with Crippen molar-refractivity contribution in [1.29, 1.82) is 0 Å². The maximum Gasteiger partial charge on any atom is 0.264 e. The van der Waals surface area contributed by atoms with Crippen molar-refractivity contribution in [2.75, 3.05) is 17.2 Å². The van der Waals surface area contributed by atoms with E-state index in [0.29, 0.717) is 40.9 Å². The summed E-state index contributed by atoms with van der Waals surface area (Å²) < 4.78 is 23.0. The van der Waals surface area contributed by atoms with E-state index >= 15 is 0 Å². The molecule has 0 bridgehead atoms. The van der Waals surface area contributed by atoms with E-state index in [4.69, 9.17) is 5.73 Å². The Balaban J connectivity index is 1.89. The molecule has 10 heteroatoms. The van der Waals surface area contributed by atoms with Crippen LogP contribution in [0.25, 0.3) is 22.2 Å². The number of hydrogen-bond acceptors (Lipinski definition) is 6. The predicted molar refractivity (Wildman–Crippen MR) is 97.8 cm³/mol. The first-order valence-electron chi connectivity index (χ1n) is 7.98. The van der Waals surface area contributed by atoms with Gasteiger partial charge in [-0.05, 0) is 18.9 Å². The summed E-state index contributed by atoms with van der Waals surface area (Å²) in [4.78, 5) is 12.9. The van der Waals surface area contributed by atoms with E-state index in [1.54, 1.807) is 15.4 Å². The molecular formula is C15H20N6O3S. The van der Waals surface area contributed by atoms with Crippen LogP contribution in [0, 0.1) is 0 Å². The van der Waals surface area contributed by atoms with Gasteiger partial charge in [-0.2, -0.15) is 20.8 Å². The number of rotatable bonds is 2. The van der Waals surface area contributed by atoms with E-state index in [2.05, 4.69) is 15.3 Å². The molecule has 3 aromatic rings. The number of aromatic amines is 1. The van der Waals surface area contributed by atoms with Gasteiger partial charge in [0.2, 0.25) is 0 Å². The fraction of sp³-hybridized carbons (Fsp3) is 0.400. The minimum absolute atomic E-state index is 0.103. The van der Waals surface area contributed by atoms with Crippen molar-refractivity contribution in [3.05, 3.63) is 28.8 Å². The standard InChI is InChI=1S/C15H20N6O3S/c1-20-5-2-11(19-20)10-8-21(9-3-6-25(23,24)7-4-9)15(22)12-13(10)17-18-14(12)16/h2,5,8-9,23-24H,3-4,6-7H2,1H3,(H3,16,17,18). The second-order valence-corrected chi connectivity index (χ2v) is 8.85. The van der Waals surface area contributed by atoms with Gasteiger partial charge >= 0.3 is 0 Å². The van der Waals surface area contributed by atoms with Crippen molar-refractivity contribution in [1.82, 2.24) is 24.5 Å². The van der Waals surface area contributed by atoms with Crippen molar-refractivity contribution in [2.24, 2.45) is 7.05 Å². The Morgan fingerprint density at radius 3 is 2.72 bits per heavy atom. The summed E-state index contributed by atoms with van der Waals surface area (Å²) in [6.07, 6.45) is 4.67. The van der Waals surface area contributed by atoms with E-state index in [0.717, 1.165) is 5.56 Å². The van der Waals surface area contributed by atoms with Crippen LogP contribution in [0.2, 0.25) is 0 Å². The number of pyridine rings is 1. The zero-order valence-corrected chi connectivity index (χ0v) is 14.5. The average Bonchev–Trinajstić information content (AvgIpc) is 3.15. The number of hydrogen-bond donors (Lipinski definition) is 4. The number of nitrogens with zero attached hydrogens (tertiary/aromatic N) is 4. The Hall–Kier alpha value is -2.30. The van der Waals surface area contributed by atoms with Crippen LogP contribution in [0.3, 0.4) is 0 Å². The molecule has 134 valence electrons. The molecule has 25 heavy (non-hydrogen) atoms. The van der Waals surface area contributed by atoms with Crippen molar-refractivity contribution in [2.45, 2.75) is 18.9 Å². The maximum absolute atomic E-state index is 12.9. The quantitative estimate of drug-likeness (QED) is 0.547. The highest BCUT2D eigenvalue weighted by molar-refractivity contribution is 8.24. The number of aryl methyl sites for hydroxylation is 1. The lowest BCUT2D eigenvalue weighted by atomic mass is 10.1. The molecule has 0 atom stereocenters. The normalized spacial score (nSPS) is 19.3. The Morgan fingerprint density at radius 2 is 2.08 bits per heavy atom. The largest absolute Gasteiger partial charge is 0.382 e. The third-order valence-electron chi connectivity index (χ3n) is 4.72. The fourth-order valence-electron chi connectivity index (χ4n) is 3.36. The number of fused-ring (bicyclic) bond motifs is 1. The summed E-state index contributed by atoms with van der Waals surface area (Å²) in [6.45, 7) is 0. The molecule has 0 aliphatic carbocycles. The molecule has 1 saturated heterocycles. The lowest BCUT2D eigenvalue weighted by Gasteiger charge is -2.39. The van der Waals surface area contributed by atoms with Gasteiger partial charge in [0, 0.05) is 42.6 Å². The van der Waals surface area contributed by atoms with Crippen molar-refractivity contribution >= 4 is 27.3 Å². The third-order valence-corrected chi connectivity index (χ3v) is 6.50. The number of nitrogens with two attached hydrogens (primary N) is 1. The Labute approximate surface area is 144 Å². The molecule has 0 saturated carbocycles. The summed E-state index contributed by atoms with van der Waals surface area (Å²) in [6, 6.07) is 1.76. The minimum atomic E-state index is -2.51. The van der Waals surface area contributed by atoms with E-state index < -0.39 is 10.6 Å². The van der Waals surface area contributed by atoms with Gasteiger partial charge in [0.25, 0.3) is 5.56 Å². The summed E-state index contributed by atoms with van der Waals surface area (Å²) >= 11 is 0. The van der Waals surface area contributed by atoms with Gasteiger partial charge in [-0.25, -0.2) is 0 Å². The van der Waals surface area contributed by atoms with Crippen molar-refractivity contribution in [3.8, 4) is 11.3 Å². The smallest absolute Gasteiger partial charge is 0.264 e. The van der Waals surface area contributed by atoms with Crippen LogP contribution in [-0.4, -0.2) is 45.2 Å². The van der Waals surface area contributed by atoms with Crippen LogP contribution in [0.4, 0.5) is 5.82 Å². The molecule has 0 spiro atoms. The van der Waals surface area contributed by atoms with Crippen LogP contribution in [0.15, 0.2) is 23.3 Å². The van der Waals surface area contributed by atoms with Gasteiger partial charge in [-0.1, -0.05) is 0 Å². The molecule has 4 rings (SSSR count). The van der Waals surface area contributed by atoms with Crippen molar-refractivity contribution < 1.29 is 9.11 Å². The fourth-order valence-corrected chi connectivity index (χ4v) is 4.86. The van der Waals surface area contributed by atoms with Gasteiger partial charge in [-0.3, -0.25) is 23.7 Å². The van der Waals surface area contributed by atoms with E-state index in [9.17, 15) is 13.9 Å². The van der Waals surface area contributed by atoms with Gasteiger partial charge in [0.15, 0.2) is 5.82 Å². The van der Waals surface area contributed by atoms with E-state index in [-0.39, 0.29) is 17.4 Å². The first-order chi connectivity index (χ1) is 11.9. The molecule has 1 aliphatic heterocycles. The summed E-state index contributed by atoms with van der Waals surface area (Å²) in [5.41, 5.74) is 7.72. The molecule has 1 aliphatic rings. The highest BCUT2D eigenvalue weighted by Crippen LogP contribution is 2.47. The molecule has 0 unspecified atom stereocenters. The first-order valence-corrected chi connectivity index (χ1v) is 9.86. The van der Waals surface area contributed by atoms with Crippen molar-refractivity contribution in [3.63, 3.8) is 0 Å². The zero-order chi connectivity index (χ0) is 17.8. The van der Waals surface area contributed by atoms with E-state index in [1.165, 1.54) is 0 Å². The van der Waals surface area contributed by atoms with Gasteiger partial charge in [0.1, 0.15) is 5.39 Å². The molecule has 5 N–H and O–H groups in total. The van der Waals surface area contributed by atoms with Crippen LogP contribution in [-0.2, 0) is 7.05 Å². The van der Waals surface area contributed by atoms with Crippen LogP contribution < -0.4 is 11.3 Å². The Kier molecular flexibility index (Phi) is 3.63. The topological polar surface area (TPSA) is 135 Å². The lowest BCUT2D eigenvalue weighted by molar-refractivity contribution is 0.406. The molecule has 0 aromatic carbocycles. The molecule has 0 radical (unpaired) electrons. The Morgan fingerprint density at radius 1 is 1.36 bits per heavy atom. The van der Waals surface area contributed by atoms with E-state index in [1.807, 2.05) is 19.3 Å². The predicted octanol–water partition coefficient (Wildman–Crippen LogP) is 1.79. The number of nitrogen functional groups attached to an aromatic ring is 1. The van der Waals surface area contributed by atoms with Crippen LogP contribution in [0.1, 0.15) is 18.9 Å². The number of H-pyrrole nitrogens is 1. The van der Waals surface area contributed by atoms with Gasteiger partial charge in [-0.15, -0.1) is 0 Å². The molecule has 4 heterocycles. The number of anilines is 1. The molecule has 3 aromatic heterocycles. The highest BCUT2D eigenvalue weighted by Gasteiger charge is 2.27. The summed E-state index contributed by atoms with van der Waals surface area (Å²) in [7, 11) is -0.686. The number of nitrogens with one attached hydrogen (secondary N) is 1. The molecule has 0 amide bonds. The highest BCUT2D eigenvalue weighted by atomic mass is 32.3. The summed E-state index contributed by atoms with van der Waals surface area (Å²) in [5.74, 6) is 0.774. The third kappa shape index (κ3) is 2.71. The molecule has 9 nitrogen and oxygen atoms in total. The maximum atomic E-state index is 12.9. The first kappa shape index (κ1) is 16.2. The zero-order valence-electron chi connectivity index (χ0n) is 13.7. The van der Waals surface area contributed by atoms with Crippen LogP contribution in [0.5, 0.6) is 0 Å². The van der Waals surface area contributed by atoms with Crippen LogP contribution >= 0.6 is 10.6 Å². The molecule has 1 fully saturated rings. The average molecular weight is 364 g/mol. The van der Waals surface area contributed by atoms with Gasteiger partial charge < -0.3 is 10.3 Å². The second-order valence-electron chi connectivity index (χ2n) is 6.43. The second kappa shape index (κ2) is 5.61. The Bertz CT molecular complexity index is 995. The minimum Gasteiger partial charge on any atom is -0.382 e. The summed E-state index contributed by atoms with van der Waals surface area (Å²) in [5, 5.41) is 11.6.